The minimum atomic E-state index is -5.34. The Hall–Kier alpha value is -4.73. The smallest absolute Gasteiger partial charge is 0.418 e. The number of carbonyl (C=O) groups is 2. The number of nitrogens with one attached hydrogen (secondary N) is 1. The number of rotatable bonds is 7. The van der Waals surface area contributed by atoms with Crippen molar-refractivity contribution < 1.29 is 58.9 Å². The first kappa shape index (κ1) is 31.2. The van der Waals surface area contributed by atoms with Crippen LogP contribution in [0.5, 0.6) is 23.1 Å². The van der Waals surface area contributed by atoms with E-state index in [0.29, 0.717) is 17.9 Å². The topological polar surface area (TPSA) is 99.6 Å². The van der Waals surface area contributed by atoms with E-state index in [1.54, 1.807) is 0 Å². The molecule has 1 heterocycles. The lowest BCUT2D eigenvalue weighted by molar-refractivity contribution is -0.140. The molecule has 0 unspecified atom stereocenters. The van der Waals surface area contributed by atoms with Gasteiger partial charge >= 0.3 is 12.4 Å². The molecule has 4 rings (SSSR count). The summed E-state index contributed by atoms with van der Waals surface area (Å²) in [6.07, 6.45) is -9.52. The Morgan fingerprint density at radius 3 is 1.95 bits per heavy atom. The normalized spacial score (nSPS) is 11.8. The van der Waals surface area contributed by atoms with Crippen LogP contribution < -0.4 is 19.5 Å². The van der Waals surface area contributed by atoms with Crippen LogP contribution in [0.15, 0.2) is 42.7 Å². The zero-order valence-corrected chi connectivity index (χ0v) is 22.1. The van der Waals surface area contributed by atoms with Gasteiger partial charge in [-0.25, -0.2) is 18.7 Å². The zero-order valence-electron chi connectivity index (χ0n) is 21.4. The molecule has 8 nitrogen and oxygen atoms in total. The summed E-state index contributed by atoms with van der Waals surface area (Å²) in [6, 6.07) is 3.81. The van der Waals surface area contributed by atoms with Crippen LogP contribution in [-0.4, -0.2) is 35.9 Å². The van der Waals surface area contributed by atoms with Gasteiger partial charge < -0.3 is 19.5 Å². The molecule has 1 aromatic heterocycles. The maximum atomic E-state index is 14.9. The Labute approximate surface area is 240 Å². The first-order valence-electron chi connectivity index (χ1n) is 11.4. The molecule has 17 heteroatoms. The second-order valence-corrected chi connectivity index (χ2v) is 8.77. The quantitative estimate of drug-likeness (QED) is 0.130. The average Bonchev–Trinajstić information content (AvgIpc) is 2.91. The summed E-state index contributed by atoms with van der Waals surface area (Å²) in [4.78, 5) is 33.0. The molecule has 1 amide bonds. The molecule has 4 aromatic rings. The zero-order chi connectivity index (χ0) is 31.9. The Balaban J connectivity index is 1.67. The molecule has 0 atom stereocenters. The van der Waals surface area contributed by atoms with Crippen molar-refractivity contribution >= 4 is 39.9 Å². The van der Waals surface area contributed by atoms with Crippen molar-refractivity contribution in [2.75, 3.05) is 19.5 Å². The van der Waals surface area contributed by atoms with Crippen LogP contribution in [0.3, 0.4) is 0 Å². The van der Waals surface area contributed by atoms with Crippen molar-refractivity contribution in [3.63, 3.8) is 0 Å². The van der Waals surface area contributed by atoms with E-state index in [1.807, 2.05) is 0 Å². The number of benzene rings is 3. The fourth-order valence-corrected chi connectivity index (χ4v) is 4.13. The Morgan fingerprint density at radius 2 is 1.40 bits per heavy atom. The van der Waals surface area contributed by atoms with Crippen LogP contribution in [0.2, 0.25) is 5.02 Å². The number of nitrogens with zero attached hydrogens (tertiary/aromatic N) is 2. The van der Waals surface area contributed by atoms with Crippen molar-refractivity contribution in [1.29, 1.82) is 0 Å². The number of aromatic nitrogens is 2. The van der Waals surface area contributed by atoms with Crippen molar-refractivity contribution in [2.45, 2.75) is 12.4 Å². The number of carbonyl (C=O) groups excluding carboxylic acids is 2. The number of anilines is 1. The van der Waals surface area contributed by atoms with Gasteiger partial charge in [-0.3, -0.25) is 9.59 Å². The molecule has 43 heavy (non-hydrogen) atoms. The number of Topliss-reactive ketones (excluding diaryl/α,β-unsaturated/α-hetero) is 1. The van der Waals surface area contributed by atoms with Gasteiger partial charge in [-0.15, -0.1) is 0 Å². The number of fused-ring (bicyclic) bond motifs is 1. The number of ketones is 1. The summed E-state index contributed by atoms with van der Waals surface area (Å²) < 4.78 is 126. The van der Waals surface area contributed by atoms with Crippen LogP contribution >= 0.6 is 11.6 Å². The molecular weight excluding hydrogens is 622 g/mol. The molecule has 0 saturated carbocycles. The summed E-state index contributed by atoms with van der Waals surface area (Å²) >= 11 is 5.50. The van der Waals surface area contributed by atoms with Crippen LogP contribution in [0.1, 0.15) is 21.5 Å². The predicted octanol–water partition coefficient (Wildman–Crippen LogP) is 7.23. The van der Waals surface area contributed by atoms with Gasteiger partial charge in [0.1, 0.15) is 23.7 Å². The third-order valence-electron chi connectivity index (χ3n) is 5.76. The van der Waals surface area contributed by atoms with E-state index in [9.17, 15) is 44.7 Å². The largest absolute Gasteiger partial charge is 0.493 e. The Morgan fingerprint density at radius 1 is 0.837 bits per heavy atom. The van der Waals surface area contributed by atoms with Gasteiger partial charge in [-0.05, 0) is 18.2 Å². The molecule has 0 radical (unpaired) electrons. The number of halogens is 9. The molecule has 3 aromatic carbocycles. The van der Waals surface area contributed by atoms with Gasteiger partial charge in [-0.1, -0.05) is 11.6 Å². The second-order valence-electron chi connectivity index (χ2n) is 8.40. The van der Waals surface area contributed by atoms with E-state index in [1.165, 1.54) is 31.7 Å². The summed E-state index contributed by atoms with van der Waals surface area (Å²) in [6.45, 7) is 0. The molecule has 0 fully saturated rings. The Kier molecular flexibility index (Phi) is 8.35. The minimum absolute atomic E-state index is 0.0220. The number of hydrogen-bond acceptors (Lipinski definition) is 7. The van der Waals surface area contributed by atoms with Crippen molar-refractivity contribution in [3.05, 3.63) is 76.1 Å². The SMILES string of the molecule is COc1cc2ncnc(Oc3cc(F)c(C(=O)C(=O)Nc4c(C(F)(F)F)ccc(C(F)(F)F)c4Cl)c(F)c3)c2cc1OC. The van der Waals surface area contributed by atoms with Crippen LogP contribution in [0.4, 0.5) is 40.8 Å². The molecule has 0 aliphatic rings. The van der Waals surface area contributed by atoms with E-state index in [0.717, 1.165) is 6.33 Å². The van der Waals surface area contributed by atoms with Gasteiger partial charge in [0.05, 0.1) is 52.5 Å². The van der Waals surface area contributed by atoms with Gasteiger partial charge in [0, 0.05) is 18.2 Å². The molecule has 0 aliphatic heterocycles. The summed E-state index contributed by atoms with van der Waals surface area (Å²) in [5.41, 5.74) is -6.51. The highest BCUT2D eigenvalue weighted by Gasteiger charge is 2.41. The van der Waals surface area contributed by atoms with E-state index in [2.05, 4.69) is 9.97 Å². The molecule has 0 aliphatic carbocycles. The summed E-state index contributed by atoms with van der Waals surface area (Å²) in [5.74, 6) is -7.82. The van der Waals surface area contributed by atoms with Crippen molar-refractivity contribution in [2.24, 2.45) is 0 Å². The highest BCUT2D eigenvalue weighted by molar-refractivity contribution is 6.47. The van der Waals surface area contributed by atoms with Gasteiger partial charge in [-0.2, -0.15) is 26.3 Å². The van der Waals surface area contributed by atoms with Crippen LogP contribution in [0, 0.1) is 11.6 Å². The lowest BCUT2D eigenvalue weighted by Crippen LogP contribution is -2.27. The fraction of sp³-hybridized carbons (Fsp3) is 0.154. The standard InChI is InChI=1S/C26H14ClF8N3O5/c1-41-17-7-11-16(8-18(17)42-2)36-9-37-24(11)43-10-5-14(28)19(15(29)6-10)22(39)23(40)38-21-13(26(33,34)35)4-3-12(20(21)27)25(30,31)32/h3-9H,1-2H3,(H,38,40). The third-order valence-corrected chi connectivity index (χ3v) is 6.15. The molecular formula is C26H14ClF8N3O5. The van der Waals surface area contributed by atoms with E-state index in [4.69, 9.17) is 25.8 Å². The third kappa shape index (κ3) is 6.23. The number of alkyl halides is 6. The molecule has 226 valence electrons. The number of hydrogen-bond donors (Lipinski definition) is 1. The number of ether oxygens (including phenoxy) is 3. The summed E-state index contributed by atoms with van der Waals surface area (Å²) in [7, 11) is 2.72. The predicted molar refractivity (Wildman–Crippen MR) is 133 cm³/mol. The lowest BCUT2D eigenvalue weighted by Gasteiger charge is -2.18. The average molecular weight is 636 g/mol. The van der Waals surface area contributed by atoms with Crippen LogP contribution in [-0.2, 0) is 17.1 Å². The molecule has 0 saturated heterocycles. The van der Waals surface area contributed by atoms with Gasteiger partial charge in [0.15, 0.2) is 11.5 Å². The Bertz CT molecular complexity index is 1740. The van der Waals surface area contributed by atoms with E-state index in [-0.39, 0.29) is 34.7 Å². The van der Waals surface area contributed by atoms with Gasteiger partial charge in [0.2, 0.25) is 5.88 Å². The minimum Gasteiger partial charge on any atom is -0.493 e. The maximum absolute atomic E-state index is 14.9. The van der Waals surface area contributed by atoms with E-state index < -0.39 is 68.8 Å². The van der Waals surface area contributed by atoms with Crippen molar-refractivity contribution in [3.8, 4) is 23.1 Å². The molecule has 1 N–H and O–H groups in total. The second kappa shape index (κ2) is 11.5. The first-order valence-corrected chi connectivity index (χ1v) is 11.8. The monoisotopic (exact) mass is 635 g/mol. The highest BCUT2D eigenvalue weighted by Crippen LogP contribution is 2.45. The molecule has 0 bridgehead atoms. The highest BCUT2D eigenvalue weighted by atomic mass is 35.5. The maximum Gasteiger partial charge on any atom is 0.418 e. The van der Waals surface area contributed by atoms with E-state index >= 15 is 0 Å². The lowest BCUT2D eigenvalue weighted by atomic mass is 10.1. The van der Waals surface area contributed by atoms with Crippen LogP contribution in [0.25, 0.3) is 10.9 Å². The fourth-order valence-electron chi connectivity index (χ4n) is 3.82. The molecule has 0 spiro atoms. The summed E-state index contributed by atoms with van der Waals surface area (Å²) in [5, 5.41) is -0.0891. The number of methoxy groups -OCH3 is 2. The number of amides is 1. The van der Waals surface area contributed by atoms with Crippen molar-refractivity contribution in [1.82, 2.24) is 9.97 Å². The van der Waals surface area contributed by atoms with Gasteiger partial charge in [0.25, 0.3) is 11.7 Å². The first-order chi connectivity index (χ1) is 20.1.